The summed E-state index contributed by atoms with van der Waals surface area (Å²) in [6, 6.07) is 1.77. The van der Waals surface area contributed by atoms with E-state index in [1.54, 1.807) is 24.0 Å². The zero-order valence-corrected chi connectivity index (χ0v) is 7.66. The molecule has 4 nitrogen and oxygen atoms in total. The zero-order chi connectivity index (χ0) is 9.26. The predicted octanol–water partition coefficient (Wildman–Crippen LogP) is 0.212. The van der Waals surface area contributed by atoms with E-state index in [1.807, 2.05) is 0 Å². The van der Waals surface area contributed by atoms with Crippen LogP contribution in [0.3, 0.4) is 0 Å². The van der Waals surface area contributed by atoms with Crippen LogP contribution < -0.4 is 5.32 Å². The number of Topliss-reactive ketones (excluding diaryl/α,β-unsaturated/α-hetero) is 1. The summed E-state index contributed by atoms with van der Waals surface area (Å²) in [6.07, 6.45) is 2.30. The van der Waals surface area contributed by atoms with Crippen molar-refractivity contribution in [3.05, 3.63) is 18.0 Å². The molecule has 0 unspecified atom stereocenters. The average Bonchev–Trinajstić information content (AvgIpc) is 2.43. The van der Waals surface area contributed by atoms with Gasteiger partial charge in [-0.25, -0.2) is 0 Å². The number of ketones is 1. The third-order valence-corrected chi connectivity index (χ3v) is 2.45. The first-order valence-corrected chi connectivity index (χ1v) is 4.49. The molecule has 0 spiro atoms. The fourth-order valence-electron chi connectivity index (χ4n) is 1.51. The second kappa shape index (κ2) is 3.30. The SMILES string of the molecule is Cn1nccc1C(=O)CC1CNC1. The molecule has 0 saturated carbocycles. The summed E-state index contributed by atoms with van der Waals surface area (Å²) in [7, 11) is 1.80. The van der Waals surface area contributed by atoms with Crippen molar-refractivity contribution >= 4 is 5.78 Å². The van der Waals surface area contributed by atoms with E-state index in [4.69, 9.17) is 0 Å². The largest absolute Gasteiger partial charge is 0.316 e. The van der Waals surface area contributed by atoms with Crippen LogP contribution in [0.2, 0.25) is 0 Å². The van der Waals surface area contributed by atoms with Crippen LogP contribution in [0.15, 0.2) is 12.3 Å². The van der Waals surface area contributed by atoms with Crippen LogP contribution in [0, 0.1) is 5.92 Å². The second-order valence-electron chi connectivity index (χ2n) is 3.49. The minimum Gasteiger partial charge on any atom is -0.316 e. The van der Waals surface area contributed by atoms with Crippen molar-refractivity contribution in [2.24, 2.45) is 13.0 Å². The van der Waals surface area contributed by atoms with E-state index in [-0.39, 0.29) is 5.78 Å². The number of carbonyl (C=O) groups excluding carboxylic acids is 1. The molecule has 0 atom stereocenters. The van der Waals surface area contributed by atoms with Gasteiger partial charge in [0.2, 0.25) is 0 Å². The maximum Gasteiger partial charge on any atom is 0.181 e. The molecule has 0 amide bonds. The van der Waals surface area contributed by atoms with Crippen LogP contribution in [0.25, 0.3) is 0 Å². The lowest BCUT2D eigenvalue weighted by Gasteiger charge is -2.26. The second-order valence-corrected chi connectivity index (χ2v) is 3.49. The molecule has 13 heavy (non-hydrogen) atoms. The van der Waals surface area contributed by atoms with Gasteiger partial charge in [0.15, 0.2) is 5.78 Å². The summed E-state index contributed by atoms with van der Waals surface area (Å²) in [5.41, 5.74) is 0.715. The molecular formula is C9H13N3O. The lowest BCUT2D eigenvalue weighted by atomic mass is 9.96. The van der Waals surface area contributed by atoms with E-state index in [1.165, 1.54) is 0 Å². The quantitative estimate of drug-likeness (QED) is 0.675. The number of hydrogen-bond acceptors (Lipinski definition) is 3. The molecule has 0 aliphatic carbocycles. The first-order chi connectivity index (χ1) is 6.27. The highest BCUT2D eigenvalue weighted by Gasteiger charge is 2.21. The monoisotopic (exact) mass is 179 g/mol. The fourth-order valence-corrected chi connectivity index (χ4v) is 1.51. The topological polar surface area (TPSA) is 46.9 Å². The normalized spacial score (nSPS) is 17.0. The van der Waals surface area contributed by atoms with E-state index < -0.39 is 0 Å². The lowest BCUT2D eigenvalue weighted by Crippen LogP contribution is -2.43. The summed E-state index contributed by atoms with van der Waals surface area (Å²) in [5, 5.41) is 7.12. The van der Waals surface area contributed by atoms with Gasteiger partial charge in [0.1, 0.15) is 5.69 Å². The van der Waals surface area contributed by atoms with Crippen LogP contribution >= 0.6 is 0 Å². The molecule has 1 fully saturated rings. The number of hydrogen-bond donors (Lipinski definition) is 1. The van der Waals surface area contributed by atoms with E-state index in [9.17, 15) is 4.79 Å². The van der Waals surface area contributed by atoms with Gasteiger partial charge in [-0.05, 0) is 25.1 Å². The summed E-state index contributed by atoms with van der Waals surface area (Å²) < 4.78 is 1.63. The van der Waals surface area contributed by atoms with Crippen molar-refractivity contribution in [3.8, 4) is 0 Å². The molecule has 70 valence electrons. The predicted molar refractivity (Wildman–Crippen MR) is 48.5 cm³/mol. The Morgan fingerprint density at radius 2 is 2.54 bits per heavy atom. The number of aromatic nitrogens is 2. The molecule has 1 N–H and O–H groups in total. The third-order valence-electron chi connectivity index (χ3n) is 2.45. The molecule has 1 saturated heterocycles. The van der Waals surface area contributed by atoms with Crippen molar-refractivity contribution in [2.75, 3.05) is 13.1 Å². The summed E-state index contributed by atoms with van der Waals surface area (Å²) in [4.78, 5) is 11.6. The van der Waals surface area contributed by atoms with E-state index in [0.717, 1.165) is 13.1 Å². The maximum absolute atomic E-state index is 11.6. The van der Waals surface area contributed by atoms with Crippen molar-refractivity contribution in [1.29, 1.82) is 0 Å². The molecule has 1 aromatic rings. The van der Waals surface area contributed by atoms with E-state index >= 15 is 0 Å². The molecule has 0 aromatic carbocycles. The summed E-state index contributed by atoms with van der Waals surface area (Å²) >= 11 is 0. The molecule has 4 heteroatoms. The van der Waals surface area contributed by atoms with Crippen molar-refractivity contribution in [3.63, 3.8) is 0 Å². The number of rotatable bonds is 3. The standard InChI is InChI=1S/C9H13N3O/c1-12-8(2-3-11-12)9(13)4-7-5-10-6-7/h2-3,7,10H,4-6H2,1H3. The fraction of sp³-hybridized carbons (Fsp3) is 0.556. The van der Waals surface area contributed by atoms with Crippen LogP contribution in [-0.2, 0) is 7.05 Å². The Balaban J connectivity index is 2.00. The maximum atomic E-state index is 11.6. The molecule has 2 rings (SSSR count). The number of nitrogens with one attached hydrogen (secondary N) is 1. The van der Waals surface area contributed by atoms with Gasteiger partial charge in [0, 0.05) is 19.7 Å². The summed E-state index contributed by atoms with van der Waals surface area (Å²) in [5.74, 6) is 0.730. The van der Waals surface area contributed by atoms with Gasteiger partial charge in [0.25, 0.3) is 0 Å². The molecule has 2 heterocycles. The highest BCUT2D eigenvalue weighted by molar-refractivity contribution is 5.94. The molecule has 0 bridgehead atoms. The van der Waals surface area contributed by atoms with E-state index in [2.05, 4.69) is 10.4 Å². The summed E-state index contributed by atoms with van der Waals surface area (Å²) in [6.45, 7) is 1.95. The molecule has 1 aliphatic rings. The van der Waals surface area contributed by atoms with Crippen molar-refractivity contribution in [2.45, 2.75) is 6.42 Å². The van der Waals surface area contributed by atoms with Crippen molar-refractivity contribution < 1.29 is 4.79 Å². The van der Waals surface area contributed by atoms with Crippen LogP contribution in [0.1, 0.15) is 16.9 Å². The zero-order valence-electron chi connectivity index (χ0n) is 7.66. The molecule has 0 radical (unpaired) electrons. The Morgan fingerprint density at radius 1 is 1.77 bits per heavy atom. The Labute approximate surface area is 76.9 Å². The Morgan fingerprint density at radius 3 is 3.00 bits per heavy atom. The van der Waals surface area contributed by atoms with Crippen LogP contribution in [0.5, 0.6) is 0 Å². The highest BCUT2D eigenvalue weighted by Crippen LogP contribution is 2.12. The van der Waals surface area contributed by atoms with Gasteiger partial charge in [-0.3, -0.25) is 9.48 Å². The molecule has 1 aliphatic heterocycles. The first-order valence-electron chi connectivity index (χ1n) is 4.49. The van der Waals surface area contributed by atoms with Crippen LogP contribution in [0.4, 0.5) is 0 Å². The number of nitrogens with zero attached hydrogens (tertiary/aromatic N) is 2. The Bertz CT molecular complexity index is 314. The minimum absolute atomic E-state index is 0.200. The van der Waals surface area contributed by atoms with Crippen molar-refractivity contribution in [1.82, 2.24) is 15.1 Å². The van der Waals surface area contributed by atoms with Gasteiger partial charge >= 0.3 is 0 Å². The molecular weight excluding hydrogens is 166 g/mol. The average molecular weight is 179 g/mol. The minimum atomic E-state index is 0.200. The lowest BCUT2D eigenvalue weighted by molar-refractivity contribution is 0.0936. The third kappa shape index (κ3) is 1.62. The highest BCUT2D eigenvalue weighted by atomic mass is 16.1. The van der Waals surface area contributed by atoms with Gasteiger partial charge < -0.3 is 5.32 Å². The Kier molecular flexibility index (Phi) is 2.14. The smallest absolute Gasteiger partial charge is 0.181 e. The van der Waals surface area contributed by atoms with Gasteiger partial charge in [-0.15, -0.1) is 0 Å². The molecule has 1 aromatic heterocycles. The van der Waals surface area contributed by atoms with Gasteiger partial charge in [0.05, 0.1) is 0 Å². The van der Waals surface area contributed by atoms with Gasteiger partial charge in [-0.2, -0.15) is 5.10 Å². The van der Waals surface area contributed by atoms with E-state index in [0.29, 0.717) is 18.0 Å². The van der Waals surface area contributed by atoms with Crippen LogP contribution in [-0.4, -0.2) is 28.7 Å². The number of carbonyl (C=O) groups is 1. The first kappa shape index (κ1) is 8.44. The number of aryl methyl sites for hydroxylation is 1. The van der Waals surface area contributed by atoms with Gasteiger partial charge in [-0.1, -0.05) is 0 Å². The Hall–Kier alpha value is -1.16.